The third-order valence-corrected chi connectivity index (χ3v) is 6.37. The van der Waals surface area contributed by atoms with Gasteiger partial charge in [0, 0.05) is 12.5 Å². The fourth-order valence-electron chi connectivity index (χ4n) is 5.29. The summed E-state index contributed by atoms with van der Waals surface area (Å²) in [4.78, 5) is 18.0. The summed E-state index contributed by atoms with van der Waals surface area (Å²) in [6, 6.07) is 0.0769. The van der Waals surface area contributed by atoms with Gasteiger partial charge in [-0.3, -0.25) is 4.84 Å². The van der Waals surface area contributed by atoms with E-state index >= 15 is 0 Å². The van der Waals surface area contributed by atoms with E-state index in [1.165, 1.54) is 7.11 Å². The summed E-state index contributed by atoms with van der Waals surface area (Å²) in [7, 11) is 1.37. The van der Waals surface area contributed by atoms with Crippen molar-refractivity contribution in [2.75, 3.05) is 13.7 Å². The molecule has 1 spiro atoms. The first-order chi connectivity index (χ1) is 13.1. The van der Waals surface area contributed by atoms with Gasteiger partial charge in [-0.25, -0.2) is 4.79 Å². The van der Waals surface area contributed by atoms with Crippen LogP contribution in [0.4, 0.5) is 0 Å². The lowest BCUT2D eigenvalue weighted by Gasteiger charge is -2.37. The summed E-state index contributed by atoms with van der Waals surface area (Å²) >= 11 is 0. The summed E-state index contributed by atoms with van der Waals surface area (Å²) in [6.45, 7) is 8.01. The van der Waals surface area contributed by atoms with Crippen LogP contribution in [0, 0.1) is 0 Å². The number of fused-ring (bicyclic) bond motifs is 4. The largest absolute Gasteiger partial charge is 0.467 e. The lowest BCUT2D eigenvalue weighted by atomic mass is 9.99. The number of hydrogen-bond donors (Lipinski definition) is 0. The van der Waals surface area contributed by atoms with E-state index in [2.05, 4.69) is 0 Å². The molecule has 0 amide bonds. The van der Waals surface area contributed by atoms with Gasteiger partial charge in [0.15, 0.2) is 23.4 Å². The topological polar surface area (TPSA) is 84.9 Å². The maximum Gasteiger partial charge on any atom is 0.337 e. The van der Waals surface area contributed by atoms with Crippen molar-refractivity contribution in [3.05, 3.63) is 0 Å². The van der Waals surface area contributed by atoms with E-state index in [0.717, 1.165) is 12.8 Å². The molecule has 0 aromatic carbocycles. The van der Waals surface area contributed by atoms with Crippen LogP contribution in [-0.4, -0.2) is 78.6 Å². The number of carbonyl (C=O) groups excluding carboxylic acids is 1. The Bertz CT molecular complexity index is 668. The zero-order valence-electron chi connectivity index (χ0n) is 17.0. The van der Waals surface area contributed by atoms with Crippen LogP contribution in [0.25, 0.3) is 0 Å². The van der Waals surface area contributed by atoms with Crippen molar-refractivity contribution in [3.63, 3.8) is 0 Å². The quantitative estimate of drug-likeness (QED) is 0.634. The van der Waals surface area contributed by atoms with Crippen LogP contribution in [0.5, 0.6) is 0 Å². The molecule has 5 rings (SSSR count). The van der Waals surface area contributed by atoms with Crippen molar-refractivity contribution in [3.8, 4) is 0 Å². The fraction of sp³-hybridized carbons (Fsp3) is 0.947. The first-order valence-electron chi connectivity index (χ1n) is 10.0. The second-order valence-corrected chi connectivity index (χ2v) is 9.19. The molecule has 5 saturated heterocycles. The molecule has 0 radical (unpaired) electrons. The molecule has 0 bridgehead atoms. The maximum atomic E-state index is 12.0. The van der Waals surface area contributed by atoms with E-state index < -0.39 is 23.4 Å². The maximum absolute atomic E-state index is 12.0. The van der Waals surface area contributed by atoms with Gasteiger partial charge < -0.3 is 28.4 Å². The summed E-state index contributed by atoms with van der Waals surface area (Å²) in [6.07, 6.45) is 0.276. The number of hydroxylamine groups is 2. The van der Waals surface area contributed by atoms with E-state index in [-0.39, 0.29) is 36.4 Å². The third-order valence-electron chi connectivity index (χ3n) is 6.37. The Kier molecular flexibility index (Phi) is 4.18. The SMILES string of the molecule is COC(=O)[C@H]1C[C@H]2CC[C@@]3(O[C@H]([C@H]4COC(C)(C)O4)[C@@H]4OC(C)(C)O[C@@H]43)N2O1. The molecule has 7 atom stereocenters. The Balaban J connectivity index is 1.44. The fourth-order valence-corrected chi connectivity index (χ4v) is 5.29. The smallest absolute Gasteiger partial charge is 0.337 e. The van der Waals surface area contributed by atoms with Crippen LogP contribution in [0.15, 0.2) is 0 Å². The van der Waals surface area contributed by atoms with Crippen molar-refractivity contribution >= 4 is 5.97 Å². The van der Waals surface area contributed by atoms with Gasteiger partial charge >= 0.3 is 5.97 Å². The first kappa shape index (κ1) is 19.2. The minimum atomic E-state index is -0.813. The summed E-state index contributed by atoms with van der Waals surface area (Å²) in [5.74, 6) is -1.76. The highest BCUT2D eigenvalue weighted by Gasteiger charge is 2.71. The average Bonchev–Trinajstić information content (AvgIpc) is 3.37. The highest BCUT2D eigenvalue weighted by molar-refractivity contribution is 5.74. The minimum Gasteiger partial charge on any atom is -0.467 e. The molecule has 5 heterocycles. The van der Waals surface area contributed by atoms with E-state index in [1.54, 1.807) is 0 Å². The molecule has 5 aliphatic heterocycles. The predicted molar refractivity (Wildman–Crippen MR) is 92.7 cm³/mol. The molecule has 9 nitrogen and oxygen atoms in total. The number of nitrogens with zero attached hydrogens (tertiary/aromatic N) is 1. The molecule has 0 aromatic heterocycles. The monoisotopic (exact) mass is 399 g/mol. The van der Waals surface area contributed by atoms with Crippen LogP contribution in [0.1, 0.15) is 47.0 Å². The van der Waals surface area contributed by atoms with Gasteiger partial charge in [-0.15, -0.1) is 0 Å². The highest BCUT2D eigenvalue weighted by Crippen LogP contribution is 2.55. The van der Waals surface area contributed by atoms with Gasteiger partial charge in [0.05, 0.1) is 13.7 Å². The van der Waals surface area contributed by atoms with Gasteiger partial charge in [0.25, 0.3) is 0 Å². The molecule has 0 unspecified atom stereocenters. The van der Waals surface area contributed by atoms with Gasteiger partial charge in [0.2, 0.25) is 0 Å². The van der Waals surface area contributed by atoms with Crippen LogP contribution >= 0.6 is 0 Å². The Labute approximate surface area is 164 Å². The molecular formula is C19H29NO8. The first-order valence-corrected chi connectivity index (χ1v) is 10.0. The van der Waals surface area contributed by atoms with Gasteiger partial charge in [-0.05, 0) is 40.5 Å². The van der Waals surface area contributed by atoms with Gasteiger partial charge in [0.1, 0.15) is 24.4 Å². The molecule has 158 valence electrons. The van der Waals surface area contributed by atoms with Crippen LogP contribution in [0.2, 0.25) is 0 Å². The molecule has 0 aromatic rings. The standard InChI is InChI=1S/C19H29NO8/c1-17(2)23-9-12(24-17)13-14-15(27-18(3,4)25-14)19(26-13)7-6-10-8-11(16(21)22-5)28-20(10)19/h10-15H,6-9H2,1-5H3/t10-,11-,12-,13-,14+,15+,19+/m1/s1. The second kappa shape index (κ2) is 6.10. The highest BCUT2D eigenvalue weighted by atomic mass is 16.8. The molecule has 0 saturated carbocycles. The molecule has 5 fully saturated rings. The molecule has 5 aliphatic rings. The van der Waals surface area contributed by atoms with Crippen molar-refractivity contribution in [2.45, 2.75) is 101 Å². The van der Waals surface area contributed by atoms with Crippen LogP contribution in [-0.2, 0) is 38.1 Å². The Morgan fingerprint density at radius 3 is 2.50 bits per heavy atom. The Morgan fingerprint density at radius 2 is 1.82 bits per heavy atom. The summed E-state index contributed by atoms with van der Waals surface area (Å²) in [5.41, 5.74) is -0.813. The number of methoxy groups -OCH3 is 1. The lowest BCUT2D eigenvalue weighted by Crippen LogP contribution is -2.53. The summed E-state index contributed by atoms with van der Waals surface area (Å²) in [5, 5.41) is 1.83. The number of hydrogen-bond acceptors (Lipinski definition) is 9. The molecule has 28 heavy (non-hydrogen) atoms. The number of rotatable bonds is 2. The Morgan fingerprint density at radius 1 is 1.04 bits per heavy atom. The van der Waals surface area contributed by atoms with E-state index in [9.17, 15) is 4.79 Å². The van der Waals surface area contributed by atoms with Gasteiger partial charge in [-0.2, -0.15) is 5.06 Å². The van der Waals surface area contributed by atoms with Crippen molar-refractivity contribution in [2.24, 2.45) is 0 Å². The van der Waals surface area contributed by atoms with Crippen molar-refractivity contribution < 1.29 is 38.1 Å². The molecule has 9 heteroatoms. The Hall–Kier alpha value is -0.810. The van der Waals surface area contributed by atoms with Crippen molar-refractivity contribution in [1.82, 2.24) is 5.06 Å². The van der Waals surface area contributed by atoms with E-state index in [1.807, 2.05) is 32.8 Å². The molecule has 0 aliphatic carbocycles. The van der Waals surface area contributed by atoms with Crippen LogP contribution in [0.3, 0.4) is 0 Å². The number of esters is 1. The second-order valence-electron chi connectivity index (χ2n) is 9.19. The molecule has 0 N–H and O–H groups in total. The third kappa shape index (κ3) is 2.75. The van der Waals surface area contributed by atoms with Gasteiger partial charge in [-0.1, -0.05) is 0 Å². The lowest BCUT2D eigenvalue weighted by molar-refractivity contribution is -0.325. The number of ether oxygens (including phenoxy) is 6. The van der Waals surface area contributed by atoms with Crippen molar-refractivity contribution in [1.29, 1.82) is 0 Å². The molecular weight excluding hydrogens is 370 g/mol. The summed E-state index contributed by atoms with van der Waals surface area (Å²) < 4.78 is 35.9. The zero-order valence-corrected chi connectivity index (χ0v) is 17.0. The average molecular weight is 399 g/mol. The number of carbonyl (C=O) groups is 1. The van der Waals surface area contributed by atoms with E-state index in [4.69, 9.17) is 33.3 Å². The predicted octanol–water partition coefficient (Wildman–Crippen LogP) is 1.09. The van der Waals surface area contributed by atoms with Crippen LogP contribution < -0.4 is 0 Å². The minimum absolute atomic E-state index is 0.0769. The van der Waals surface area contributed by atoms with E-state index in [0.29, 0.717) is 13.0 Å². The normalized spacial score (nSPS) is 48.9. The zero-order chi connectivity index (χ0) is 19.9.